The van der Waals surface area contributed by atoms with Crippen molar-refractivity contribution in [3.05, 3.63) is 16.7 Å². The fourth-order valence-electron chi connectivity index (χ4n) is 0.776. The Labute approximate surface area is 66.2 Å². The molecule has 2 rings (SSSR count). The average molecular weight is 166 g/mol. The first-order valence-corrected chi connectivity index (χ1v) is 3.23. The first kappa shape index (κ1) is 6.29. The second-order valence-electron chi connectivity index (χ2n) is 1.95. The number of rotatable bonds is 0. The molecule has 1 amide bonds. The summed E-state index contributed by atoms with van der Waals surface area (Å²) in [7, 11) is 0. The van der Waals surface area contributed by atoms with Gasteiger partial charge in [-0.3, -0.25) is 4.79 Å². The maximum atomic E-state index is 10.9. The second-order valence-corrected chi connectivity index (χ2v) is 2.34. The van der Waals surface area contributed by atoms with Crippen LogP contribution < -0.4 is 0 Å². The molecule has 6 heteroatoms. The van der Waals surface area contributed by atoms with Crippen LogP contribution in [0.5, 0.6) is 0 Å². The zero-order chi connectivity index (χ0) is 7.84. The Morgan fingerprint density at radius 3 is 3.09 bits per heavy atom. The fraction of sp³-hybridized carbons (Fsp3) is 0. The predicted molar refractivity (Wildman–Crippen MR) is 38.3 cm³/mol. The lowest BCUT2D eigenvalue weighted by Gasteiger charge is -1.89. The van der Waals surface area contributed by atoms with Gasteiger partial charge in [-0.05, 0) is 12.2 Å². The quantitative estimate of drug-likeness (QED) is 0.592. The lowest BCUT2D eigenvalue weighted by molar-refractivity contribution is 0.0998. The first-order valence-electron chi connectivity index (χ1n) is 2.83. The van der Waals surface area contributed by atoms with Crippen molar-refractivity contribution < 1.29 is 4.79 Å². The molecule has 0 saturated carbocycles. The molecule has 0 fully saturated rings. The second kappa shape index (κ2) is 2.03. The smallest absolute Gasteiger partial charge is 0.314 e. The molecule has 0 aliphatic carbocycles. The van der Waals surface area contributed by atoms with Crippen molar-refractivity contribution in [2.45, 2.75) is 0 Å². The van der Waals surface area contributed by atoms with Crippen LogP contribution >= 0.6 is 12.2 Å². The van der Waals surface area contributed by atoms with Crippen LogP contribution in [-0.2, 0) is 0 Å². The molecule has 0 atom stereocenters. The summed E-state index contributed by atoms with van der Waals surface area (Å²) in [6, 6.07) is 0. The molecule has 0 saturated heterocycles. The maximum absolute atomic E-state index is 10.9. The standard InChI is InChI=1S/C5H2N4OS/c10-4-3-2(8-9-4)1-6-5(11)7-3/h1H,(H,6,7,11). The van der Waals surface area contributed by atoms with Gasteiger partial charge in [-0.15, -0.1) is 10.2 Å². The van der Waals surface area contributed by atoms with Crippen molar-refractivity contribution in [1.82, 2.24) is 9.97 Å². The van der Waals surface area contributed by atoms with Crippen molar-refractivity contribution in [2.24, 2.45) is 10.2 Å². The number of hydrogen-bond donors (Lipinski definition) is 1. The van der Waals surface area contributed by atoms with E-state index in [-0.39, 0.29) is 4.77 Å². The molecule has 0 aromatic carbocycles. The number of fused-ring (bicyclic) bond motifs is 1. The normalized spacial score (nSPS) is 13.6. The minimum absolute atomic E-state index is 0.268. The monoisotopic (exact) mass is 166 g/mol. The number of nitrogens with one attached hydrogen (secondary N) is 1. The van der Waals surface area contributed by atoms with Crippen LogP contribution in [0.15, 0.2) is 16.4 Å². The van der Waals surface area contributed by atoms with Gasteiger partial charge in [0.2, 0.25) is 0 Å². The van der Waals surface area contributed by atoms with Crippen molar-refractivity contribution in [1.29, 1.82) is 0 Å². The average Bonchev–Trinajstić information content (AvgIpc) is 2.33. The number of nitrogens with zero attached hydrogens (tertiary/aromatic N) is 3. The van der Waals surface area contributed by atoms with Gasteiger partial charge in [0.25, 0.3) is 0 Å². The molecule has 1 aliphatic heterocycles. The number of aromatic amines is 1. The van der Waals surface area contributed by atoms with Gasteiger partial charge in [0.05, 0.1) is 6.20 Å². The van der Waals surface area contributed by atoms with Gasteiger partial charge in [-0.25, -0.2) is 4.98 Å². The van der Waals surface area contributed by atoms with Gasteiger partial charge in [0.1, 0.15) is 11.4 Å². The molecule has 0 bridgehead atoms. The highest BCUT2D eigenvalue weighted by molar-refractivity contribution is 7.71. The van der Waals surface area contributed by atoms with Crippen LogP contribution in [-0.4, -0.2) is 15.9 Å². The van der Waals surface area contributed by atoms with Crippen LogP contribution in [0.4, 0.5) is 5.69 Å². The zero-order valence-corrected chi connectivity index (χ0v) is 6.05. The van der Waals surface area contributed by atoms with E-state index in [2.05, 4.69) is 20.2 Å². The highest BCUT2D eigenvalue weighted by Crippen LogP contribution is 2.22. The number of hydrogen-bond acceptors (Lipinski definition) is 4. The van der Waals surface area contributed by atoms with E-state index in [1.807, 2.05) is 0 Å². The Bertz CT molecular complexity index is 407. The molecular weight excluding hydrogens is 164 g/mol. The predicted octanol–water partition coefficient (Wildman–Crippen LogP) is 1.38. The number of azo groups is 1. The van der Waals surface area contributed by atoms with Gasteiger partial charge in [0, 0.05) is 0 Å². The Balaban J connectivity index is 2.76. The molecule has 0 unspecified atom stereocenters. The lowest BCUT2D eigenvalue weighted by Crippen LogP contribution is -1.94. The summed E-state index contributed by atoms with van der Waals surface area (Å²) < 4.78 is 0.268. The van der Waals surface area contributed by atoms with E-state index in [0.717, 1.165) is 0 Å². The van der Waals surface area contributed by atoms with E-state index in [0.29, 0.717) is 11.4 Å². The zero-order valence-electron chi connectivity index (χ0n) is 5.24. The van der Waals surface area contributed by atoms with E-state index in [1.165, 1.54) is 6.20 Å². The van der Waals surface area contributed by atoms with Gasteiger partial charge in [0.15, 0.2) is 4.77 Å². The summed E-state index contributed by atoms with van der Waals surface area (Å²) in [5, 5.41) is 6.87. The van der Waals surface area contributed by atoms with Gasteiger partial charge >= 0.3 is 5.91 Å². The summed E-state index contributed by atoms with van der Waals surface area (Å²) in [6.07, 6.45) is 1.42. The van der Waals surface area contributed by atoms with E-state index in [1.54, 1.807) is 0 Å². The van der Waals surface area contributed by atoms with Crippen LogP contribution in [0.2, 0.25) is 0 Å². The number of H-pyrrole nitrogens is 1. The molecule has 0 spiro atoms. The molecule has 0 radical (unpaired) electrons. The fourth-order valence-corrected chi connectivity index (χ4v) is 0.930. The molecule has 11 heavy (non-hydrogen) atoms. The molecule has 54 valence electrons. The van der Waals surface area contributed by atoms with Gasteiger partial charge in [-0.1, -0.05) is 0 Å². The summed E-state index contributed by atoms with van der Waals surface area (Å²) in [4.78, 5) is 17.2. The van der Waals surface area contributed by atoms with Crippen LogP contribution in [0.1, 0.15) is 10.5 Å². The van der Waals surface area contributed by atoms with E-state index >= 15 is 0 Å². The third-order valence-corrected chi connectivity index (χ3v) is 1.46. The van der Waals surface area contributed by atoms with Crippen molar-refractivity contribution in [3.63, 3.8) is 0 Å². The van der Waals surface area contributed by atoms with Crippen LogP contribution in [0.25, 0.3) is 0 Å². The summed E-state index contributed by atoms with van der Waals surface area (Å²) in [6.45, 7) is 0. The Kier molecular flexibility index (Phi) is 1.16. The highest BCUT2D eigenvalue weighted by Gasteiger charge is 2.17. The molecular formula is C5H2N4OS. The van der Waals surface area contributed by atoms with Crippen molar-refractivity contribution in [2.75, 3.05) is 0 Å². The van der Waals surface area contributed by atoms with Gasteiger partial charge in [-0.2, -0.15) is 0 Å². The number of carbonyl (C=O) groups is 1. The maximum Gasteiger partial charge on any atom is 0.314 e. The molecule has 1 N–H and O–H groups in total. The molecule has 1 aliphatic rings. The largest absolute Gasteiger partial charge is 0.324 e. The minimum Gasteiger partial charge on any atom is -0.324 e. The highest BCUT2D eigenvalue weighted by atomic mass is 32.1. The summed E-state index contributed by atoms with van der Waals surface area (Å²) in [5.41, 5.74) is 0.772. The lowest BCUT2D eigenvalue weighted by atomic mass is 10.3. The molecule has 2 heterocycles. The van der Waals surface area contributed by atoms with E-state index < -0.39 is 5.91 Å². The van der Waals surface area contributed by atoms with E-state index in [4.69, 9.17) is 12.2 Å². The van der Waals surface area contributed by atoms with Crippen LogP contribution in [0, 0.1) is 4.77 Å². The Hall–Kier alpha value is -1.43. The van der Waals surface area contributed by atoms with Crippen molar-refractivity contribution in [3.8, 4) is 0 Å². The van der Waals surface area contributed by atoms with Crippen LogP contribution in [0.3, 0.4) is 0 Å². The third-order valence-electron chi connectivity index (χ3n) is 1.25. The molecule has 1 aromatic heterocycles. The van der Waals surface area contributed by atoms with Crippen molar-refractivity contribution >= 4 is 23.8 Å². The van der Waals surface area contributed by atoms with Gasteiger partial charge < -0.3 is 4.98 Å². The third kappa shape index (κ3) is 0.874. The molecule has 1 aromatic rings. The Morgan fingerprint density at radius 2 is 2.27 bits per heavy atom. The number of aromatic nitrogens is 2. The topological polar surface area (TPSA) is 70.5 Å². The first-order chi connectivity index (χ1) is 5.27. The number of amides is 1. The SMILES string of the molecule is O=C1N=Nc2cnc(=S)[nH]c21. The summed E-state index contributed by atoms with van der Waals surface area (Å²) in [5.74, 6) is -0.395. The minimum atomic E-state index is -0.395. The Morgan fingerprint density at radius 1 is 1.45 bits per heavy atom. The molecule has 5 nitrogen and oxygen atoms in total. The number of carbonyl (C=O) groups excluding carboxylic acids is 1. The van der Waals surface area contributed by atoms with E-state index in [9.17, 15) is 4.79 Å². The summed E-state index contributed by atoms with van der Waals surface area (Å²) >= 11 is 4.70.